The number of likely N-dealkylation sites (N-methyl/N-ethyl adjacent to an activating group) is 1. The molecule has 0 bridgehead atoms. The van der Waals surface area contributed by atoms with Crippen molar-refractivity contribution in [3.05, 3.63) is 65.7 Å². The summed E-state index contributed by atoms with van der Waals surface area (Å²) in [5, 5.41) is 10.2. The fraction of sp³-hybridized carbons (Fsp3) is 0.481. The van der Waals surface area contributed by atoms with Crippen LogP contribution >= 0.6 is 0 Å². The molecule has 0 aromatic heterocycles. The van der Waals surface area contributed by atoms with Gasteiger partial charge in [0.15, 0.2) is 0 Å². The van der Waals surface area contributed by atoms with Crippen LogP contribution in [0.3, 0.4) is 0 Å². The number of anilines is 1. The summed E-state index contributed by atoms with van der Waals surface area (Å²) in [7, 11) is 1.98. The summed E-state index contributed by atoms with van der Waals surface area (Å²) >= 11 is 0. The average Bonchev–Trinajstić information content (AvgIpc) is 3.31. The van der Waals surface area contributed by atoms with Crippen LogP contribution in [0.1, 0.15) is 54.1 Å². The second-order valence-corrected chi connectivity index (χ2v) is 9.66. The largest absolute Gasteiger partial charge is 0.380 e. The highest BCUT2D eigenvalue weighted by atomic mass is 16.2. The summed E-state index contributed by atoms with van der Waals surface area (Å²) in [4.78, 5) is 29.0. The van der Waals surface area contributed by atoms with Crippen LogP contribution in [-0.2, 0) is 4.79 Å². The second-order valence-electron chi connectivity index (χ2n) is 9.66. The molecule has 5 atom stereocenters. The molecule has 3 aliphatic rings. The van der Waals surface area contributed by atoms with Gasteiger partial charge in [-0.05, 0) is 50.1 Å². The number of carbonyl (C=O) groups excluding carboxylic acids is 2. The van der Waals surface area contributed by atoms with E-state index in [-0.39, 0.29) is 29.8 Å². The number of hydrogen-bond donors (Lipinski definition) is 3. The summed E-state index contributed by atoms with van der Waals surface area (Å²) in [5.41, 5.74) is 3.01. The predicted octanol–water partition coefficient (Wildman–Crippen LogP) is 3.58. The zero-order valence-electron chi connectivity index (χ0n) is 19.3. The molecular weight excluding hydrogens is 412 g/mol. The molecule has 3 unspecified atom stereocenters. The molecule has 0 radical (unpaired) electrons. The van der Waals surface area contributed by atoms with E-state index in [2.05, 4.69) is 45.1 Å². The minimum atomic E-state index is -0.157. The molecule has 1 saturated carbocycles. The fourth-order valence-corrected chi connectivity index (χ4v) is 6.15. The number of benzene rings is 2. The molecule has 2 heterocycles. The number of amides is 2. The normalized spacial score (nSPS) is 28.4. The molecule has 2 fully saturated rings. The highest BCUT2D eigenvalue weighted by Gasteiger charge is 2.47. The van der Waals surface area contributed by atoms with Crippen molar-refractivity contribution >= 4 is 17.5 Å². The monoisotopic (exact) mass is 446 g/mol. The lowest BCUT2D eigenvalue weighted by molar-refractivity contribution is -0.138. The van der Waals surface area contributed by atoms with Gasteiger partial charge < -0.3 is 20.9 Å². The maximum absolute atomic E-state index is 14.0. The lowest BCUT2D eigenvalue weighted by atomic mass is 9.81. The van der Waals surface area contributed by atoms with E-state index in [1.165, 1.54) is 5.56 Å². The van der Waals surface area contributed by atoms with E-state index in [0.29, 0.717) is 17.5 Å². The van der Waals surface area contributed by atoms with Gasteiger partial charge in [-0.15, -0.1) is 0 Å². The van der Waals surface area contributed by atoms with Gasteiger partial charge in [-0.2, -0.15) is 0 Å². The number of rotatable bonds is 5. The Morgan fingerprint density at radius 2 is 1.76 bits per heavy atom. The van der Waals surface area contributed by atoms with Crippen molar-refractivity contribution in [1.29, 1.82) is 0 Å². The van der Waals surface area contributed by atoms with Crippen molar-refractivity contribution < 1.29 is 9.59 Å². The van der Waals surface area contributed by atoms with Gasteiger partial charge in [-0.3, -0.25) is 9.59 Å². The topological polar surface area (TPSA) is 73.5 Å². The molecular formula is C27H34N4O2. The number of hydrogen-bond acceptors (Lipinski definition) is 4. The smallest absolute Gasteiger partial charge is 0.251 e. The first-order chi connectivity index (χ1) is 16.2. The molecule has 33 heavy (non-hydrogen) atoms. The first-order valence-corrected chi connectivity index (χ1v) is 12.3. The third kappa shape index (κ3) is 4.24. The lowest BCUT2D eigenvalue weighted by Crippen LogP contribution is -2.51. The van der Waals surface area contributed by atoms with Gasteiger partial charge in [0.2, 0.25) is 5.91 Å². The van der Waals surface area contributed by atoms with Crippen LogP contribution in [0.15, 0.2) is 54.6 Å². The molecule has 1 aliphatic carbocycles. The average molecular weight is 447 g/mol. The quantitative estimate of drug-likeness (QED) is 0.656. The third-order valence-corrected chi connectivity index (χ3v) is 7.72. The first-order valence-electron chi connectivity index (χ1n) is 12.3. The summed E-state index contributed by atoms with van der Waals surface area (Å²) in [5.74, 6) is 0.355. The number of para-hydroxylation sites is 1. The van der Waals surface area contributed by atoms with Gasteiger partial charge >= 0.3 is 0 Å². The molecule has 6 nitrogen and oxygen atoms in total. The van der Waals surface area contributed by atoms with Gasteiger partial charge in [0.25, 0.3) is 5.91 Å². The standard InChI is InChI=1S/C27H34N4O2/c1-28-17-24-20-15-16-31(25(20)19-11-5-7-13-22(19)29-24)27(33)21-12-6-8-14-23(21)30-26(32)18-9-3-2-4-10-18/h2-5,7,9-11,13,20-21,23-25,28-29H,6,8,12,14-17H2,1H3,(H,30,32)/t20?,21-,23+,24?,25?/m0/s1. The van der Waals surface area contributed by atoms with Crippen molar-refractivity contribution in [2.75, 3.05) is 25.5 Å². The van der Waals surface area contributed by atoms with Crippen LogP contribution in [0.25, 0.3) is 0 Å². The van der Waals surface area contributed by atoms with Crippen molar-refractivity contribution in [2.24, 2.45) is 11.8 Å². The predicted molar refractivity (Wildman–Crippen MR) is 130 cm³/mol. The number of nitrogens with zero attached hydrogens (tertiary/aromatic N) is 1. The van der Waals surface area contributed by atoms with Crippen LogP contribution in [0, 0.1) is 11.8 Å². The fourth-order valence-electron chi connectivity index (χ4n) is 6.15. The maximum atomic E-state index is 14.0. The van der Waals surface area contributed by atoms with E-state index in [9.17, 15) is 9.59 Å². The molecule has 2 aromatic rings. The zero-order chi connectivity index (χ0) is 22.8. The van der Waals surface area contributed by atoms with E-state index in [0.717, 1.165) is 50.9 Å². The highest BCUT2D eigenvalue weighted by Crippen LogP contribution is 2.47. The minimum absolute atomic E-state index is 0.0825. The minimum Gasteiger partial charge on any atom is -0.380 e. The SMILES string of the molecule is CNCC1Nc2ccccc2C2C1CCN2C(=O)[C@H]1CCCC[C@H]1NC(=O)c1ccccc1. The Balaban J connectivity index is 1.38. The first kappa shape index (κ1) is 22.0. The van der Waals surface area contributed by atoms with Crippen LogP contribution in [0.4, 0.5) is 5.69 Å². The molecule has 5 rings (SSSR count). The molecule has 6 heteroatoms. The molecule has 2 aliphatic heterocycles. The van der Waals surface area contributed by atoms with Crippen LogP contribution < -0.4 is 16.0 Å². The van der Waals surface area contributed by atoms with Gasteiger partial charge in [-0.1, -0.05) is 49.2 Å². The summed E-state index contributed by atoms with van der Waals surface area (Å²) < 4.78 is 0. The van der Waals surface area contributed by atoms with E-state index in [1.54, 1.807) is 0 Å². The molecule has 174 valence electrons. The maximum Gasteiger partial charge on any atom is 0.251 e. The lowest BCUT2D eigenvalue weighted by Gasteiger charge is -2.42. The Bertz CT molecular complexity index is 995. The van der Waals surface area contributed by atoms with Gasteiger partial charge in [0.05, 0.1) is 12.0 Å². The van der Waals surface area contributed by atoms with Gasteiger partial charge in [0.1, 0.15) is 0 Å². The van der Waals surface area contributed by atoms with Crippen LogP contribution in [0.2, 0.25) is 0 Å². The molecule has 2 aromatic carbocycles. The van der Waals surface area contributed by atoms with Crippen molar-refractivity contribution in [3.8, 4) is 0 Å². The number of fused-ring (bicyclic) bond motifs is 3. The Hall–Kier alpha value is -2.86. The molecule has 2 amide bonds. The Labute approximate surface area is 196 Å². The van der Waals surface area contributed by atoms with Crippen molar-refractivity contribution in [3.63, 3.8) is 0 Å². The Morgan fingerprint density at radius 1 is 1.00 bits per heavy atom. The molecule has 1 saturated heterocycles. The van der Waals surface area contributed by atoms with E-state index in [4.69, 9.17) is 0 Å². The van der Waals surface area contributed by atoms with Gasteiger partial charge in [0, 0.05) is 42.3 Å². The summed E-state index contributed by atoms with van der Waals surface area (Å²) in [6, 6.07) is 18.0. The van der Waals surface area contributed by atoms with E-state index < -0.39 is 0 Å². The number of likely N-dealkylation sites (tertiary alicyclic amines) is 1. The Kier molecular flexibility index (Phi) is 6.36. The highest BCUT2D eigenvalue weighted by molar-refractivity contribution is 5.94. The third-order valence-electron chi connectivity index (χ3n) is 7.72. The zero-order valence-corrected chi connectivity index (χ0v) is 19.3. The summed E-state index contributed by atoms with van der Waals surface area (Å²) in [6.45, 7) is 1.65. The second kappa shape index (κ2) is 9.56. The van der Waals surface area contributed by atoms with Gasteiger partial charge in [-0.25, -0.2) is 0 Å². The molecule has 3 N–H and O–H groups in total. The number of carbonyl (C=O) groups is 2. The van der Waals surface area contributed by atoms with Crippen LogP contribution in [0.5, 0.6) is 0 Å². The number of nitrogens with one attached hydrogen (secondary N) is 3. The Morgan fingerprint density at radius 3 is 2.58 bits per heavy atom. The van der Waals surface area contributed by atoms with E-state index in [1.807, 2.05) is 37.4 Å². The van der Waals surface area contributed by atoms with E-state index >= 15 is 0 Å². The summed E-state index contributed by atoms with van der Waals surface area (Å²) in [6.07, 6.45) is 4.78. The molecule has 0 spiro atoms. The van der Waals surface area contributed by atoms with Crippen molar-refractivity contribution in [1.82, 2.24) is 15.5 Å². The van der Waals surface area contributed by atoms with Crippen LogP contribution in [-0.4, -0.2) is 48.9 Å². The van der Waals surface area contributed by atoms with Crippen molar-refractivity contribution in [2.45, 2.75) is 50.2 Å².